The fourth-order valence-corrected chi connectivity index (χ4v) is 3.83. The van der Waals surface area contributed by atoms with Crippen LogP contribution in [0.25, 0.3) is 0 Å². The Labute approximate surface area is 139 Å². The number of nitrogens with zero attached hydrogens (tertiary/aromatic N) is 3. The van der Waals surface area contributed by atoms with Gasteiger partial charge in [0.1, 0.15) is 5.82 Å². The average Bonchev–Trinajstić information content (AvgIpc) is 3.01. The number of alkyl halides is 3. The molecule has 1 aromatic heterocycles. The standard InChI is InChI=1S/C16H23F3N4O/c1-10-8-14(22(2)21-10)23-7-6-13(15(23)24)20-12-5-3-4-11(9-12)16(17,18)19/h8,11-13,20H,3-7,9H2,1-2H3/t11-,12-,13+/m1/s1. The molecule has 1 N–H and O–H groups in total. The smallest absolute Gasteiger partial charge is 0.303 e. The molecule has 0 radical (unpaired) electrons. The van der Waals surface area contributed by atoms with Gasteiger partial charge in [-0.2, -0.15) is 18.3 Å². The molecule has 0 bridgehead atoms. The summed E-state index contributed by atoms with van der Waals surface area (Å²) in [6, 6.07) is 1.20. The summed E-state index contributed by atoms with van der Waals surface area (Å²) in [4.78, 5) is 14.3. The quantitative estimate of drug-likeness (QED) is 0.917. The third-order valence-electron chi connectivity index (χ3n) is 5.03. The fraction of sp³-hybridized carbons (Fsp3) is 0.750. The van der Waals surface area contributed by atoms with Crippen LogP contribution in [0.2, 0.25) is 0 Å². The lowest BCUT2D eigenvalue weighted by Crippen LogP contribution is -2.47. The van der Waals surface area contributed by atoms with Crippen molar-refractivity contribution in [2.45, 2.75) is 57.3 Å². The van der Waals surface area contributed by atoms with Gasteiger partial charge in [0.2, 0.25) is 5.91 Å². The predicted octanol–water partition coefficient (Wildman–Crippen LogP) is 2.54. The normalized spacial score (nSPS) is 28.6. The number of hydrogen-bond donors (Lipinski definition) is 1. The Bertz CT molecular complexity index is 613. The fourth-order valence-electron chi connectivity index (χ4n) is 3.83. The first-order valence-electron chi connectivity index (χ1n) is 8.40. The zero-order chi connectivity index (χ0) is 17.5. The molecule has 24 heavy (non-hydrogen) atoms. The number of anilines is 1. The molecular formula is C16H23F3N4O. The first-order chi connectivity index (χ1) is 11.3. The molecule has 8 heteroatoms. The van der Waals surface area contributed by atoms with E-state index >= 15 is 0 Å². The van der Waals surface area contributed by atoms with E-state index in [0.717, 1.165) is 11.5 Å². The molecule has 5 nitrogen and oxygen atoms in total. The van der Waals surface area contributed by atoms with Gasteiger partial charge in [-0.25, -0.2) is 0 Å². The minimum Gasteiger partial charge on any atom is -0.303 e. The number of rotatable bonds is 3. The van der Waals surface area contributed by atoms with Gasteiger partial charge in [0.15, 0.2) is 0 Å². The van der Waals surface area contributed by atoms with Crippen molar-refractivity contribution in [3.8, 4) is 0 Å². The summed E-state index contributed by atoms with van der Waals surface area (Å²) in [5, 5.41) is 7.42. The Morgan fingerprint density at radius 2 is 2.04 bits per heavy atom. The lowest BCUT2D eigenvalue weighted by molar-refractivity contribution is -0.183. The molecule has 2 aliphatic rings. The lowest BCUT2D eigenvalue weighted by atomic mass is 9.85. The number of halogens is 3. The zero-order valence-electron chi connectivity index (χ0n) is 13.9. The maximum absolute atomic E-state index is 12.9. The van der Waals surface area contributed by atoms with Crippen molar-refractivity contribution >= 4 is 11.7 Å². The third-order valence-corrected chi connectivity index (χ3v) is 5.03. The SMILES string of the molecule is Cc1cc(N2CC[C@H](N[C@@H]3CCC[C@@H](C(F)(F)F)C3)C2=O)n(C)n1. The second kappa shape index (κ2) is 6.38. The first-order valence-corrected chi connectivity index (χ1v) is 8.40. The Morgan fingerprint density at radius 3 is 2.67 bits per heavy atom. The summed E-state index contributed by atoms with van der Waals surface area (Å²) in [7, 11) is 1.78. The molecule has 0 unspecified atom stereocenters. The summed E-state index contributed by atoms with van der Waals surface area (Å²) in [5.74, 6) is -0.596. The van der Waals surface area contributed by atoms with Crippen LogP contribution in [-0.4, -0.2) is 40.5 Å². The number of hydrogen-bond acceptors (Lipinski definition) is 3. The summed E-state index contributed by atoms with van der Waals surface area (Å²) in [6.07, 6.45) is -2.03. The minimum atomic E-state index is -4.14. The highest BCUT2D eigenvalue weighted by Gasteiger charge is 2.43. The summed E-state index contributed by atoms with van der Waals surface area (Å²) < 4.78 is 40.4. The van der Waals surface area contributed by atoms with Gasteiger partial charge in [0, 0.05) is 25.7 Å². The minimum absolute atomic E-state index is 0.0676. The molecule has 1 saturated heterocycles. The lowest BCUT2D eigenvalue weighted by Gasteiger charge is -2.32. The maximum atomic E-state index is 12.9. The second-order valence-electron chi connectivity index (χ2n) is 6.87. The van der Waals surface area contributed by atoms with Crippen LogP contribution in [0.5, 0.6) is 0 Å². The van der Waals surface area contributed by atoms with Crippen molar-refractivity contribution in [2.24, 2.45) is 13.0 Å². The van der Waals surface area contributed by atoms with E-state index in [1.54, 1.807) is 16.6 Å². The summed E-state index contributed by atoms with van der Waals surface area (Å²) in [5.41, 5.74) is 0.831. The molecule has 1 aliphatic heterocycles. The molecular weight excluding hydrogens is 321 g/mol. The van der Waals surface area contributed by atoms with Crippen molar-refractivity contribution in [1.82, 2.24) is 15.1 Å². The van der Waals surface area contributed by atoms with Gasteiger partial charge in [-0.1, -0.05) is 6.42 Å². The topological polar surface area (TPSA) is 50.2 Å². The van der Waals surface area contributed by atoms with Crippen LogP contribution in [0, 0.1) is 12.8 Å². The molecule has 2 heterocycles. The van der Waals surface area contributed by atoms with E-state index in [4.69, 9.17) is 0 Å². The van der Waals surface area contributed by atoms with Gasteiger partial charge >= 0.3 is 6.18 Å². The molecule has 1 aromatic rings. The number of nitrogens with one attached hydrogen (secondary N) is 1. The molecule has 0 spiro atoms. The van der Waals surface area contributed by atoms with Crippen LogP contribution in [0.4, 0.5) is 19.0 Å². The van der Waals surface area contributed by atoms with E-state index in [2.05, 4.69) is 10.4 Å². The van der Waals surface area contributed by atoms with Crippen LogP contribution in [-0.2, 0) is 11.8 Å². The van der Waals surface area contributed by atoms with E-state index in [1.165, 1.54) is 0 Å². The Kier molecular flexibility index (Phi) is 4.59. The van der Waals surface area contributed by atoms with Gasteiger partial charge in [-0.3, -0.25) is 14.4 Å². The monoisotopic (exact) mass is 344 g/mol. The number of carbonyl (C=O) groups is 1. The molecule has 1 saturated carbocycles. The van der Waals surface area contributed by atoms with E-state index in [1.807, 2.05) is 13.0 Å². The van der Waals surface area contributed by atoms with Gasteiger partial charge in [-0.05, 0) is 32.6 Å². The number of carbonyl (C=O) groups excluding carboxylic acids is 1. The summed E-state index contributed by atoms with van der Waals surface area (Å²) >= 11 is 0. The highest BCUT2D eigenvalue weighted by atomic mass is 19.4. The van der Waals surface area contributed by atoms with Gasteiger partial charge in [0.05, 0.1) is 17.7 Å². The van der Waals surface area contributed by atoms with E-state index in [-0.39, 0.29) is 24.8 Å². The average molecular weight is 344 g/mol. The highest BCUT2D eigenvalue weighted by molar-refractivity contribution is 5.98. The Balaban J connectivity index is 1.63. The van der Waals surface area contributed by atoms with Crippen molar-refractivity contribution in [3.63, 3.8) is 0 Å². The van der Waals surface area contributed by atoms with E-state index < -0.39 is 18.1 Å². The first kappa shape index (κ1) is 17.3. The Hall–Kier alpha value is -1.57. The van der Waals surface area contributed by atoms with Crippen molar-refractivity contribution in [2.75, 3.05) is 11.4 Å². The van der Waals surface area contributed by atoms with Crippen LogP contribution in [0.1, 0.15) is 37.8 Å². The van der Waals surface area contributed by atoms with Crippen LogP contribution in [0.3, 0.4) is 0 Å². The number of aromatic nitrogens is 2. The molecule has 0 aromatic carbocycles. The van der Waals surface area contributed by atoms with Gasteiger partial charge in [-0.15, -0.1) is 0 Å². The maximum Gasteiger partial charge on any atom is 0.391 e. The molecule has 134 valence electrons. The predicted molar refractivity (Wildman–Crippen MR) is 83.6 cm³/mol. The molecule has 1 amide bonds. The van der Waals surface area contributed by atoms with E-state index in [0.29, 0.717) is 25.8 Å². The second-order valence-corrected chi connectivity index (χ2v) is 6.87. The number of amides is 1. The van der Waals surface area contributed by atoms with Gasteiger partial charge < -0.3 is 5.32 Å². The van der Waals surface area contributed by atoms with E-state index in [9.17, 15) is 18.0 Å². The largest absolute Gasteiger partial charge is 0.391 e. The third kappa shape index (κ3) is 3.43. The molecule has 1 aliphatic carbocycles. The number of aryl methyl sites for hydroxylation is 2. The van der Waals surface area contributed by atoms with Crippen molar-refractivity contribution in [1.29, 1.82) is 0 Å². The molecule has 2 fully saturated rings. The van der Waals surface area contributed by atoms with Crippen LogP contribution >= 0.6 is 0 Å². The van der Waals surface area contributed by atoms with Crippen LogP contribution < -0.4 is 10.2 Å². The van der Waals surface area contributed by atoms with Gasteiger partial charge in [0.25, 0.3) is 0 Å². The summed E-state index contributed by atoms with van der Waals surface area (Å²) in [6.45, 7) is 2.42. The highest BCUT2D eigenvalue weighted by Crippen LogP contribution is 2.38. The Morgan fingerprint density at radius 1 is 1.29 bits per heavy atom. The molecule has 3 atom stereocenters. The van der Waals surface area contributed by atoms with Crippen molar-refractivity contribution < 1.29 is 18.0 Å². The zero-order valence-corrected chi connectivity index (χ0v) is 13.9. The van der Waals surface area contributed by atoms with Crippen LogP contribution in [0.15, 0.2) is 6.07 Å². The van der Waals surface area contributed by atoms with Crippen molar-refractivity contribution in [3.05, 3.63) is 11.8 Å². The molecule has 3 rings (SSSR count).